The predicted octanol–water partition coefficient (Wildman–Crippen LogP) is 3.33. The summed E-state index contributed by atoms with van der Waals surface area (Å²) in [7, 11) is 0. The summed E-state index contributed by atoms with van der Waals surface area (Å²) in [5, 5.41) is 6.77. The standard InChI is InChI=1S/C25H35N3O4/c1-6-15(4)22-16(5)23(29)27-20(11-14(2)3)24(30)28-21(25(31)32-22)12-17-13-26-19-10-8-7-9-18(17)19/h7-10,13-16,20-22,26H,6,11-12H2,1-5H3,(H,27,29)(H,28,30)/t15-,16+,20-,21-,22+/m0/s1. The van der Waals surface area contributed by atoms with E-state index in [1.165, 1.54) is 0 Å². The SMILES string of the molecule is CC[C@H](C)[C@H]1OC(=O)[C@H](Cc2c[nH]c3ccccc23)NC(=O)[C@H](CC(C)C)NC(=O)[C@@H]1C. The van der Waals surface area contributed by atoms with E-state index in [1.54, 1.807) is 6.92 Å². The number of nitrogens with one attached hydrogen (secondary N) is 3. The van der Waals surface area contributed by atoms with Gasteiger partial charge >= 0.3 is 5.97 Å². The Morgan fingerprint density at radius 1 is 1.00 bits per heavy atom. The Hall–Kier alpha value is -2.83. The smallest absolute Gasteiger partial charge is 0.329 e. The number of para-hydroxylation sites is 1. The molecule has 1 saturated heterocycles. The molecule has 0 radical (unpaired) electrons. The second-order valence-corrected chi connectivity index (χ2v) is 9.39. The molecule has 0 unspecified atom stereocenters. The van der Waals surface area contributed by atoms with E-state index in [9.17, 15) is 14.4 Å². The Labute approximate surface area is 189 Å². The fourth-order valence-electron chi connectivity index (χ4n) is 4.30. The third-order valence-electron chi connectivity index (χ3n) is 6.40. The van der Waals surface area contributed by atoms with Crippen molar-refractivity contribution in [3.8, 4) is 0 Å². The first-order valence-electron chi connectivity index (χ1n) is 11.6. The van der Waals surface area contributed by atoms with Gasteiger partial charge in [-0.1, -0.05) is 59.2 Å². The van der Waals surface area contributed by atoms with Crippen LogP contribution >= 0.6 is 0 Å². The summed E-state index contributed by atoms with van der Waals surface area (Å²) in [6, 6.07) is 6.31. The van der Waals surface area contributed by atoms with Gasteiger partial charge in [-0.05, 0) is 29.9 Å². The molecule has 1 aliphatic rings. The van der Waals surface area contributed by atoms with Gasteiger partial charge in [0.15, 0.2) is 0 Å². The Morgan fingerprint density at radius 2 is 1.69 bits per heavy atom. The van der Waals surface area contributed by atoms with E-state index in [-0.39, 0.29) is 23.7 Å². The highest BCUT2D eigenvalue weighted by atomic mass is 16.5. The quantitative estimate of drug-likeness (QED) is 0.599. The van der Waals surface area contributed by atoms with Crippen LogP contribution in [-0.2, 0) is 25.5 Å². The molecule has 1 aromatic heterocycles. The molecule has 3 rings (SSSR count). The minimum Gasteiger partial charge on any atom is -0.460 e. The fourth-order valence-corrected chi connectivity index (χ4v) is 4.30. The van der Waals surface area contributed by atoms with Crippen LogP contribution in [0.3, 0.4) is 0 Å². The third kappa shape index (κ3) is 5.31. The number of hydrogen-bond donors (Lipinski definition) is 3. The molecule has 0 aliphatic carbocycles. The number of carbonyl (C=O) groups is 3. The second-order valence-electron chi connectivity index (χ2n) is 9.39. The van der Waals surface area contributed by atoms with Crippen molar-refractivity contribution in [2.75, 3.05) is 0 Å². The molecule has 2 aromatic rings. The van der Waals surface area contributed by atoms with Crippen molar-refractivity contribution in [3.63, 3.8) is 0 Å². The first-order chi connectivity index (χ1) is 15.2. The molecule has 2 heterocycles. The third-order valence-corrected chi connectivity index (χ3v) is 6.40. The van der Waals surface area contributed by atoms with Crippen LogP contribution in [0.4, 0.5) is 0 Å². The lowest BCUT2D eigenvalue weighted by Crippen LogP contribution is -2.57. The molecule has 3 N–H and O–H groups in total. The van der Waals surface area contributed by atoms with E-state index < -0.39 is 30.1 Å². The maximum absolute atomic E-state index is 13.3. The molecule has 1 aromatic carbocycles. The highest BCUT2D eigenvalue weighted by Gasteiger charge is 2.38. The number of ether oxygens (including phenoxy) is 1. The molecule has 7 nitrogen and oxygen atoms in total. The molecule has 7 heteroatoms. The molecule has 174 valence electrons. The van der Waals surface area contributed by atoms with Crippen molar-refractivity contribution in [1.82, 2.24) is 15.6 Å². The lowest BCUT2D eigenvalue weighted by atomic mass is 9.89. The summed E-state index contributed by atoms with van der Waals surface area (Å²) in [5.74, 6) is -1.47. The highest BCUT2D eigenvalue weighted by Crippen LogP contribution is 2.24. The second kappa shape index (κ2) is 10.2. The van der Waals surface area contributed by atoms with Crippen LogP contribution < -0.4 is 10.6 Å². The zero-order valence-electron chi connectivity index (χ0n) is 19.6. The number of fused-ring (bicyclic) bond motifs is 1. The molecule has 0 spiro atoms. The first-order valence-corrected chi connectivity index (χ1v) is 11.6. The lowest BCUT2D eigenvalue weighted by Gasteiger charge is -2.33. The maximum Gasteiger partial charge on any atom is 0.329 e. The van der Waals surface area contributed by atoms with Crippen LogP contribution in [0.15, 0.2) is 30.5 Å². The van der Waals surface area contributed by atoms with E-state index in [2.05, 4.69) is 15.6 Å². The van der Waals surface area contributed by atoms with Crippen molar-refractivity contribution in [3.05, 3.63) is 36.0 Å². The van der Waals surface area contributed by atoms with Crippen LogP contribution in [0.1, 0.15) is 53.0 Å². The highest BCUT2D eigenvalue weighted by molar-refractivity contribution is 5.93. The first kappa shape index (κ1) is 23.8. The number of aromatic nitrogens is 1. The van der Waals surface area contributed by atoms with Gasteiger partial charge in [0.1, 0.15) is 18.2 Å². The average molecular weight is 442 g/mol. The molecular weight excluding hydrogens is 406 g/mol. The minimum atomic E-state index is -0.842. The zero-order valence-corrected chi connectivity index (χ0v) is 19.6. The summed E-state index contributed by atoms with van der Waals surface area (Å²) in [6.07, 6.45) is 2.87. The van der Waals surface area contributed by atoms with E-state index in [0.717, 1.165) is 22.9 Å². The van der Waals surface area contributed by atoms with Gasteiger partial charge < -0.3 is 20.4 Å². The number of carbonyl (C=O) groups excluding carboxylic acids is 3. The van der Waals surface area contributed by atoms with Crippen molar-refractivity contribution in [2.45, 2.75) is 72.1 Å². The largest absolute Gasteiger partial charge is 0.460 e. The molecule has 32 heavy (non-hydrogen) atoms. The lowest BCUT2D eigenvalue weighted by molar-refractivity contribution is -0.162. The van der Waals surface area contributed by atoms with Gasteiger partial charge in [0.25, 0.3) is 0 Å². The summed E-state index contributed by atoms with van der Waals surface area (Å²) < 4.78 is 5.88. The summed E-state index contributed by atoms with van der Waals surface area (Å²) in [4.78, 5) is 42.5. The van der Waals surface area contributed by atoms with Gasteiger partial charge in [0, 0.05) is 23.5 Å². The maximum atomic E-state index is 13.3. The van der Waals surface area contributed by atoms with Crippen molar-refractivity contribution < 1.29 is 19.1 Å². The van der Waals surface area contributed by atoms with Crippen LogP contribution in [0.25, 0.3) is 10.9 Å². The van der Waals surface area contributed by atoms with Gasteiger partial charge in [-0.2, -0.15) is 0 Å². The molecule has 0 saturated carbocycles. The number of amides is 2. The van der Waals surface area contributed by atoms with Gasteiger partial charge in [0.2, 0.25) is 11.8 Å². The van der Waals surface area contributed by atoms with Gasteiger partial charge in [-0.25, -0.2) is 4.79 Å². The number of esters is 1. The number of rotatable bonds is 6. The summed E-state index contributed by atoms with van der Waals surface area (Å²) in [6.45, 7) is 9.75. The number of benzene rings is 1. The summed E-state index contributed by atoms with van der Waals surface area (Å²) in [5.41, 5.74) is 1.90. The van der Waals surface area contributed by atoms with Crippen molar-refractivity contribution in [1.29, 1.82) is 0 Å². The Morgan fingerprint density at radius 3 is 2.38 bits per heavy atom. The molecular formula is C25H35N3O4. The van der Waals surface area contributed by atoms with Gasteiger partial charge in [-0.15, -0.1) is 0 Å². The van der Waals surface area contributed by atoms with E-state index in [1.807, 2.05) is 58.2 Å². The monoisotopic (exact) mass is 441 g/mol. The van der Waals surface area contributed by atoms with Crippen LogP contribution in [0, 0.1) is 17.8 Å². The number of aromatic amines is 1. The molecule has 1 fully saturated rings. The minimum absolute atomic E-state index is 0.00659. The predicted molar refractivity (Wildman–Crippen MR) is 124 cm³/mol. The average Bonchev–Trinajstić information content (AvgIpc) is 3.17. The normalized spacial score (nSPS) is 25.9. The fraction of sp³-hybridized carbons (Fsp3) is 0.560. The Bertz CT molecular complexity index is 967. The number of hydrogen-bond acceptors (Lipinski definition) is 4. The zero-order chi connectivity index (χ0) is 23.4. The van der Waals surface area contributed by atoms with E-state index in [0.29, 0.717) is 12.8 Å². The van der Waals surface area contributed by atoms with E-state index in [4.69, 9.17) is 4.74 Å². The van der Waals surface area contributed by atoms with E-state index >= 15 is 0 Å². The Kier molecular flexibility index (Phi) is 7.59. The molecule has 2 amide bonds. The van der Waals surface area contributed by atoms with Crippen molar-refractivity contribution >= 4 is 28.7 Å². The van der Waals surface area contributed by atoms with Gasteiger partial charge in [0.05, 0.1) is 5.92 Å². The van der Waals surface area contributed by atoms with Crippen LogP contribution in [0.2, 0.25) is 0 Å². The molecule has 1 aliphatic heterocycles. The van der Waals surface area contributed by atoms with Gasteiger partial charge in [-0.3, -0.25) is 9.59 Å². The number of H-pyrrole nitrogens is 1. The topological polar surface area (TPSA) is 100 Å². The van der Waals surface area contributed by atoms with Crippen LogP contribution in [0.5, 0.6) is 0 Å². The summed E-state index contributed by atoms with van der Waals surface area (Å²) >= 11 is 0. The molecule has 0 bridgehead atoms. The van der Waals surface area contributed by atoms with Crippen molar-refractivity contribution in [2.24, 2.45) is 17.8 Å². The number of cyclic esters (lactones) is 1. The van der Waals surface area contributed by atoms with Crippen LogP contribution in [-0.4, -0.2) is 41.0 Å². The molecule has 5 atom stereocenters. The Balaban J connectivity index is 1.95.